The van der Waals surface area contributed by atoms with E-state index in [2.05, 4.69) is 20.7 Å². The Morgan fingerprint density at radius 1 is 1.25 bits per heavy atom. The van der Waals surface area contributed by atoms with Gasteiger partial charge in [0.25, 0.3) is 0 Å². The van der Waals surface area contributed by atoms with Gasteiger partial charge in [-0.1, -0.05) is 36.0 Å². The van der Waals surface area contributed by atoms with Crippen LogP contribution in [-0.4, -0.2) is 38.2 Å². The molecule has 4 aromatic rings. The highest BCUT2D eigenvalue weighted by Gasteiger charge is 2.24. The summed E-state index contributed by atoms with van der Waals surface area (Å²) in [6.45, 7) is 4.14. The van der Waals surface area contributed by atoms with Crippen LogP contribution < -0.4 is 10.1 Å². The number of benzene rings is 1. The molecule has 166 valence electrons. The Kier molecular flexibility index (Phi) is 6.60. The SMILES string of the molecule is CCC(Sc1nnc(-c2cccc(OC)c2)n1Cc1ccco1)C(=O)Nc1cc(C)on1. The summed E-state index contributed by atoms with van der Waals surface area (Å²) in [5.74, 6) is 2.97. The number of carbonyl (C=O) groups is 1. The van der Waals surface area contributed by atoms with E-state index in [1.54, 1.807) is 26.4 Å². The van der Waals surface area contributed by atoms with Crippen molar-refractivity contribution >= 4 is 23.5 Å². The number of thioether (sulfide) groups is 1. The molecule has 9 nitrogen and oxygen atoms in total. The van der Waals surface area contributed by atoms with Crippen LogP contribution in [0.3, 0.4) is 0 Å². The molecular formula is C22H23N5O4S. The molecule has 10 heteroatoms. The van der Waals surface area contributed by atoms with Gasteiger partial charge in [0.15, 0.2) is 16.8 Å². The van der Waals surface area contributed by atoms with Crippen LogP contribution in [0.1, 0.15) is 24.9 Å². The van der Waals surface area contributed by atoms with Crippen molar-refractivity contribution in [2.75, 3.05) is 12.4 Å². The number of furan rings is 1. The number of methoxy groups -OCH3 is 1. The molecule has 0 aliphatic rings. The first-order valence-electron chi connectivity index (χ1n) is 10.1. The molecule has 0 saturated carbocycles. The van der Waals surface area contributed by atoms with E-state index in [0.29, 0.717) is 35.5 Å². The minimum Gasteiger partial charge on any atom is -0.497 e. The zero-order valence-corrected chi connectivity index (χ0v) is 18.8. The van der Waals surface area contributed by atoms with Crippen molar-refractivity contribution in [2.45, 2.75) is 37.2 Å². The highest BCUT2D eigenvalue weighted by atomic mass is 32.2. The summed E-state index contributed by atoms with van der Waals surface area (Å²) in [5, 5.41) is 15.6. The second kappa shape index (κ2) is 9.73. The van der Waals surface area contributed by atoms with Crippen LogP contribution in [0.4, 0.5) is 5.82 Å². The Morgan fingerprint density at radius 2 is 2.12 bits per heavy atom. The van der Waals surface area contributed by atoms with Crippen LogP contribution in [0.5, 0.6) is 5.75 Å². The molecule has 1 aromatic carbocycles. The summed E-state index contributed by atoms with van der Waals surface area (Å²) < 4.78 is 17.9. The van der Waals surface area contributed by atoms with Gasteiger partial charge in [0.2, 0.25) is 5.91 Å². The van der Waals surface area contributed by atoms with Gasteiger partial charge in [-0.25, -0.2) is 0 Å². The monoisotopic (exact) mass is 453 g/mol. The highest BCUT2D eigenvalue weighted by molar-refractivity contribution is 8.00. The van der Waals surface area contributed by atoms with Crippen LogP contribution in [0, 0.1) is 6.92 Å². The standard InChI is InChI=1S/C22H23N5O4S/c1-4-18(21(28)23-19-11-14(2)31-26-19)32-22-25-24-20(15-7-5-8-16(12-15)29-3)27(22)13-17-9-6-10-30-17/h5-12,18H,4,13H2,1-3H3,(H,23,26,28). The van der Waals surface area contributed by atoms with Crippen molar-refractivity contribution in [1.82, 2.24) is 19.9 Å². The number of aromatic nitrogens is 4. The predicted molar refractivity (Wildman–Crippen MR) is 120 cm³/mol. The van der Waals surface area contributed by atoms with Gasteiger partial charge in [-0.15, -0.1) is 10.2 Å². The van der Waals surface area contributed by atoms with Crippen LogP contribution in [-0.2, 0) is 11.3 Å². The van der Waals surface area contributed by atoms with E-state index in [1.165, 1.54) is 11.8 Å². The number of anilines is 1. The lowest BCUT2D eigenvalue weighted by Gasteiger charge is -2.14. The molecule has 0 aliphatic carbocycles. The van der Waals surface area contributed by atoms with E-state index in [1.807, 2.05) is 47.9 Å². The average molecular weight is 454 g/mol. The predicted octanol–water partition coefficient (Wildman–Crippen LogP) is 4.40. The first-order valence-corrected chi connectivity index (χ1v) is 11.0. The molecule has 4 rings (SSSR count). The number of carbonyl (C=O) groups excluding carboxylic acids is 1. The second-order valence-corrected chi connectivity index (χ2v) is 8.20. The fourth-order valence-electron chi connectivity index (χ4n) is 3.13. The van der Waals surface area contributed by atoms with Crippen molar-refractivity contribution in [3.8, 4) is 17.1 Å². The number of ether oxygens (including phenoxy) is 1. The molecule has 0 saturated heterocycles. The second-order valence-electron chi connectivity index (χ2n) is 7.03. The van der Waals surface area contributed by atoms with Gasteiger partial charge >= 0.3 is 0 Å². The zero-order chi connectivity index (χ0) is 22.5. The maximum absolute atomic E-state index is 12.8. The molecule has 0 fully saturated rings. The lowest BCUT2D eigenvalue weighted by atomic mass is 10.2. The Balaban J connectivity index is 1.63. The number of nitrogens with zero attached hydrogens (tertiary/aromatic N) is 4. The molecule has 0 spiro atoms. The third kappa shape index (κ3) is 4.86. The summed E-state index contributed by atoms with van der Waals surface area (Å²) in [4.78, 5) is 12.8. The lowest BCUT2D eigenvalue weighted by molar-refractivity contribution is -0.115. The van der Waals surface area contributed by atoms with Crippen molar-refractivity contribution in [3.63, 3.8) is 0 Å². The summed E-state index contributed by atoms with van der Waals surface area (Å²) in [7, 11) is 1.62. The van der Waals surface area contributed by atoms with Crippen molar-refractivity contribution in [2.24, 2.45) is 0 Å². The molecule has 1 N–H and O–H groups in total. The highest BCUT2D eigenvalue weighted by Crippen LogP contribution is 2.31. The average Bonchev–Trinajstić information content (AvgIpc) is 3.55. The molecule has 0 radical (unpaired) electrons. The quantitative estimate of drug-likeness (QED) is 0.372. The third-order valence-corrected chi connectivity index (χ3v) is 6.07. The zero-order valence-electron chi connectivity index (χ0n) is 17.9. The van der Waals surface area contributed by atoms with Gasteiger partial charge in [0, 0.05) is 11.6 Å². The smallest absolute Gasteiger partial charge is 0.239 e. The van der Waals surface area contributed by atoms with E-state index in [4.69, 9.17) is 13.7 Å². The van der Waals surface area contributed by atoms with Crippen LogP contribution in [0.2, 0.25) is 0 Å². The van der Waals surface area contributed by atoms with Gasteiger partial charge in [0.1, 0.15) is 17.3 Å². The van der Waals surface area contributed by atoms with E-state index in [9.17, 15) is 4.79 Å². The van der Waals surface area contributed by atoms with E-state index >= 15 is 0 Å². The largest absolute Gasteiger partial charge is 0.497 e. The molecular weight excluding hydrogens is 430 g/mol. The molecule has 0 aliphatic heterocycles. The summed E-state index contributed by atoms with van der Waals surface area (Å²) in [6.07, 6.45) is 2.22. The van der Waals surface area contributed by atoms with Gasteiger partial charge < -0.3 is 19.0 Å². The molecule has 1 amide bonds. The number of aryl methyl sites for hydroxylation is 1. The summed E-state index contributed by atoms with van der Waals surface area (Å²) >= 11 is 1.34. The Hall–Kier alpha value is -3.53. The molecule has 3 aromatic heterocycles. The Morgan fingerprint density at radius 3 is 2.81 bits per heavy atom. The molecule has 3 heterocycles. The van der Waals surface area contributed by atoms with Gasteiger partial charge in [0.05, 0.1) is 25.2 Å². The summed E-state index contributed by atoms with van der Waals surface area (Å²) in [5.41, 5.74) is 0.853. The van der Waals surface area contributed by atoms with Crippen LogP contribution >= 0.6 is 11.8 Å². The van der Waals surface area contributed by atoms with E-state index in [-0.39, 0.29) is 5.91 Å². The summed E-state index contributed by atoms with van der Waals surface area (Å²) in [6, 6.07) is 13.0. The minimum absolute atomic E-state index is 0.179. The maximum Gasteiger partial charge on any atom is 0.239 e. The Bertz CT molecular complexity index is 1180. The number of rotatable bonds is 9. The third-order valence-electron chi connectivity index (χ3n) is 4.73. The Labute approximate surface area is 189 Å². The molecule has 32 heavy (non-hydrogen) atoms. The van der Waals surface area contributed by atoms with Crippen molar-refractivity contribution in [1.29, 1.82) is 0 Å². The fourth-order valence-corrected chi connectivity index (χ4v) is 4.09. The maximum atomic E-state index is 12.8. The minimum atomic E-state index is -0.398. The van der Waals surface area contributed by atoms with Crippen molar-refractivity contribution in [3.05, 3.63) is 60.2 Å². The van der Waals surface area contributed by atoms with Gasteiger partial charge in [-0.3, -0.25) is 9.36 Å². The van der Waals surface area contributed by atoms with Crippen LogP contribution in [0.15, 0.2) is 62.8 Å². The number of amides is 1. The number of hydrogen-bond acceptors (Lipinski definition) is 8. The number of hydrogen-bond donors (Lipinski definition) is 1. The van der Waals surface area contributed by atoms with Gasteiger partial charge in [-0.05, 0) is 37.6 Å². The first kappa shape index (κ1) is 21.7. The molecule has 1 unspecified atom stereocenters. The molecule has 1 atom stereocenters. The van der Waals surface area contributed by atoms with Crippen LogP contribution in [0.25, 0.3) is 11.4 Å². The lowest BCUT2D eigenvalue weighted by Crippen LogP contribution is -2.25. The normalized spacial score (nSPS) is 12.0. The van der Waals surface area contributed by atoms with Crippen molar-refractivity contribution < 1.29 is 18.5 Å². The van der Waals surface area contributed by atoms with E-state index in [0.717, 1.165) is 17.1 Å². The fraction of sp³-hybridized carbons (Fsp3) is 0.273. The van der Waals surface area contributed by atoms with E-state index < -0.39 is 5.25 Å². The molecule has 0 bridgehead atoms. The van der Waals surface area contributed by atoms with Gasteiger partial charge in [-0.2, -0.15) is 0 Å². The first-order chi connectivity index (χ1) is 15.6. The number of nitrogens with one attached hydrogen (secondary N) is 1. The topological polar surface area (TPSA) is 108 Å².